The standard InChI is InChI=1S/C10H9N3O4/c11-9(16)5-1-2-6(12-10(5)17)13-7(14)3-4-8(13)15/h1-2H,3-4H2,(H2,11,16)(H,12,17). The van der Waals surface area contributed by atoms with E-state index in [9.17, 15) is 19.2 Å². The second kappa shape index (κ2) is 3.85. The second-order valence-corrected chi connectivity index (χ2v) is 3.57. The van der Waals surface area contributed by atoms with Gasteiger partial charge in [0.1, 0.15) is 11.4 Å². The van der Waals surface area contributed by atoms with Crippen LogP contribution in [0, 0.1) is 0 Å². The topological polar surface area (TPSA) is 113 Å². The summed E-state index contributed by atoms with van der Waals surface area (Å²) in [6.45, 7) is 0. The molecule has 0 unspecified atom stereocenters. The summed E-state index contributed by atoms with van der Waals surface area (Å²) in [5.41, 5.74) is 4.03. The first-order chi connectivity index (χ1) is 8.00. The number of anilines is 1. The second-order valence-electron chi connectivity index (χ2n) is 3.57. The molecule has 7 nitrogen and oxygen atoms in total. The van der Waals surface area contributed by atoms with Gasteiger partial charge in [0.05, 0.1) is 0 Å². The van der Waals surface area contributed by atoms with Crippen LogP contribution in [-0.2, 0) is 9.59 Å². The molecular formula is C10H9N3O4. The molecule has 0 aromatic carbocycles. The smallest absolute Gasteiger partial charge is 0.262 e. The number of hydrogen-bond donors (Lipinski definition) is 2. The molecule has 3 N–H and O–H groups in total. The molecule has 1 aliphatic rings. The van der Waals surface area contributed by atoms with Crippen molar-refractivity contribution in [3.05, 3.63) is 28.0 Å². The molecular weight excluding hydrogens is 226 g/mol. The van der Waals surface area contributed by atoms with Crippen LogP contribution in [0.2, 0.25) is 0 Å². The lowest BCUT2D eigenvalue weighted by Crippen LogP contribution is -2.32. The van der Waals surface area contributed by atoms with Crippen LogP contribution in [0.4, 0.5) is 5.82 Å². The molecule has 1 aliphatic heterocycles. The summed E-state index contributed by atoms with van der Waals surface area (Å²) in [6, 6.07) is 2.50. The van der Waals surface area contributed by atoms with Crippen LogP contribution in [0.15, 0.2) is 16.9 Å². The SMILES string of the molecule is NC(=O)c1ccc(N2C(=O)CCC2=O)[nH]c1=O. The highest BCUT2D eigenvalue weighted by atomic mass is 16.2. The van der Waals surface area contributed by atoms with E-state index in [0.717, 1.165) is 4.90 Å². The minimum Gasteiger partial charge on any atom is -0.365 e. The van der Waals surface area contributed by atoms with Crippen molar-refractivity contribution in [2.24, 2.45) is 5.73 Å². The van der Waals surface area contributed by atoms with Gasteiger partial charge in [0.25, 0.3) is 11.5 Å². The van der Waals surface area contributed by atoms with Crippen LogP contribution in [0.3, 0.4) is 0 Å². The number of imide groups is 1. The highest BCUT2D eigenvalue weighted by Crippen LogP contribution is 2.18. The molecule has 0 saturated carbocycles. The van der Waals surface area contributed by atoms with Crippen molar-refractivity contribution in [2.45, 2.75) is 12.8 Å². The number of amides is 3. The van der Waals surface area contributed by atoms with E-state index in [0.29, 0.717) is 0 Å². The van der Waals surface area contributed by atoms with E-state index in [-0.39, 0.29) is 36.0 Å². The molecule has 2 rings (SSSR count). The Morgan fingerprint density at radius 2 is 1.76 bits per heavy atom. The van der Waals surface area contributed by atoms with Crippen LogP contribution >= 0.6 is 0 Å². The molecule has 2 heterocycles. The molecule has 0 radical (unpaired) electrons. The molecule has 1 aromatic heterocycles. The lowest BCUT2D eigenvalue weighted by Gasteiger charge is -2.12. The van der Waals surface area contributed by atoms with Gasteiger partial charge in [-0.15, -0.1) is 0 Å². The summed E-state index contributed by atoms with van der Waals surface area (Å²) in [5.74, 6) is -1.56. The fourth-order valence-corrected chi connectivity index (χ4v) is 1.63. The van der Waals surface area contributed by atoms with Crippen molar-refractivity contribution in [3.63, 3.8) is 0 Å². The predicted octanol–water partition coefficient (Wildman–Crippen LogP) is -0.873. The number of primary amides is 1. The molecule has 0 aliphatic carbocycles. The highest BCUT2D eigenvalue weighted by Gasteiger charge is 2.31. The van der Waals surface area contributed by atoms with Crippen molar-refractivity contribution in [2.75, 3.05) is 4.90 Å². The molecule has 1 aromatic rings. The molecule has 1 saturated heterocycles. The van der Waals surface area contributed by atoms with Crippen LogP contribution in [0.25, 0.3) is 0 Å². The lowest BCUT2D eigenvalue weighted by atomic mass is 10.2. The Bertz CT molecular complexity index is 559. The first kappa shape index (κ1) is 11.1. The molecule has 88 valence electrons. The molecule has 1 fully saturated rings. The Morgan fingerprint density at radius 1 is 1.18 bits per heavy atom. The number of nitrogens with one attached hydrogen (secondary N) is 1. The van der Waals surface area contributed by atoms with Gasteiger partial charge in [-0.3, -0.25) is 19.2 Å². The van der Waals surface area contributed by atoms with Gasteiger partial charge in [-0.2, -0.15) is 0 Å². The van der Waals surface area contributed by atoms with Crippen LogP contribution < -0.4 is 16.2 Å². The van der Waals surface area contributed by atoms with Gasteiger partial charge >= 0.3 is 0 Å². The summed E-state index contributed by atoms with van der Waals surface area (Å²) < 4.78 is 0. The maximum atomic E-state index is 11.4. The maximum absolute atomic E-state index is 11.4. The fraction of sp³-hybridized carbons (Fsp3) is 0.200. The third-order valence-corrected chi connectivity index (χ3v) is 2.45. The Morgan fingerprint density at radius 3 is 2.24 bits per heavy atom. The van der Waals surface area contributed by atoms with E-state index >= 15 is 0 Å². The van der Waals surface area contributed by atoms with E-state index in [1.807, 2.05) is 0 Å². The largest absolute Gasteiger partial charge is 0.365 e. The first-order valence-corrected chi connectivity index (χ1v) is 4.89. The summed E-state index contributed by atoms with van der Waals surface area (Å²) in [5, 5.41) is 0. The number of aromatic nitrogens is 1. The van der Waals surface area contributed by atoms with Crippen molar-refractivity contribution in [1.82, 2.24) is 4.98 Å². The fourth-order valence-electron chi connectivity index (χ4n) is 1.63. The number of hydrogen-bond acceptors (Lipinski definition) is 4. The van der Waals surface area contributed by atoms with Crippen molar-refractivity contribution in [1.29, 1.82) is 0 Å². The number of carbonyl (C=O) groups excluding carboxylic acids is 3. The zero-order valence-corrected chi connectivity index (χ0v) is 8.73. The van der Waals surface area contributed by atoms with E-state index < -0.39 is 11.5 Å². The number of pyridine rings is 1. The zero-order chi connectivity index (χ0) is 12.6. The van der Waals surface area contributed by atoms with Gasteiger partial charge in [-0.1, -0.05) is 0 Å². The van der Waals surface area contributed by atoms with E-state index in [4.69, 9.17) is 5.73 Å². The lowest BCUT2D eigenvalue weighted by molar-refractivity contribution is -0.121. The summed E-state index contributed by atoms with van der Waals surface area (Å²) in [7, 11) is 0. The van der Waals surface area contributed by atoms with Gasteiger partial charge in [0.15, 0.2) is 0 Å². The molecule has 0 spiro atoms. The summed E-state index contributed by atoms with van der Waals surface area (Å²) in [6.07, 6.45) is 0.247. The average molecular weight is 235 g/mol. The van der Waals surface area contributed by atoms with Gasteiger partial charge in [-0.05, 0) is 12.1 Å². The molecule has 7 heteroatoms. The van der Waals surface area contributed by atoms with Crippen LogP contribution in [0.1, 0.15) is 23.2 Å². The number of nitrogens with zero attached hydrogens (tertiary/aromatic N) is 1. The Kier molecular flexibility index (Phi) is 2.51. The summed E-state index contributed by atoms with van der Waals surface area (Å²) >= 11 is 0. The molecule has 3 amide bonds. The van der Waals surface area contributed by atoms with Gasteiger partial charge in [0.2, 0.25) is 11.8 Å². The van der Waals surface area contributed by atoms with Crippen LogP contribution in [-0.4, -0.2) is 22.7 Å². The van der Waals surface area contributed by atoms with E-state index in [1.165, 1.54) is 12.1 Å². The number of rotatable bonds is 2. The van der Waals surface area contributed by atoms with Crippen molar-refractivity contribution < 1.29 is 14.4 Å². The Balaban J connectivity index is 2.45. The number of nitrogens with two attached hydrogens (primary N) is 1. The van der Waals surface area contributed by atoms with E-state index in [2.05, 4.69) is 4.98 Å². The minimum atomic E-state index is -0.864. The van der Waals surface area contributed by atoms with Gasteiger partial charge < -0.3 is 10.7 Å². The predicted molar refractivity (Wildman–Crippen MR) is 57.3 cm³/mol. The Hall–Kier alpha value is -2.44. The van der Waals surface area contributed by atoms with Crippen LogP contribution in [0.5, 0.6) is 0 Å². The van der Waals surface area contributed by atoms with Gasteiger partial charge in [0, 0.05) is 12.8 Å². The third kappa shape index (κ3) is 1.82. The number of carbonyl (C=O) groups is 3. The number of H-pyrrole nitrogens is 1. The first-order valence-electron chi connectivity index (χ1n) is 4.89. The van der Waals surface area contributed by atoms with Gasteiger partial charge in [-0.25, -0.2) is 4.90 Å². The van der Waals surface area contributed by atoms with Crippen molar-refractivity contribution in [3.8, 4) is 0 Å². The highest BCUT2D eigenvalue weighted by molar-refractivity contribution is 6.19. The normalized spacial score (nSPS) is 15.4. The quantitative estimate of drug-likeness (QED) is 0.648. The molecule has 17 heavy (non-hydrogen) atoms. The maximum Gasteiger partial charge on any atom is 0.262 e. The third-order valence-electron chi connectivity index (χ3n) is 2.45. The molecule has 0 atom stereocenters. The minimum absolute atomic E-state index is 0.0625. The monoisotopic (exact) mass is 235 g/mol. The van der Waals surface area contributed by atoms with E-state index in [1.54, 1.807) is 0 Å². The van der Waals surface area contributed by atoms with Crippen molar-refractivity contribution >= 4 is 23.5 Å². The number of aromatic amines is 1. The summed E-state index contributed by atoms with van der Waals surface area (Å²) in [4.78, 5) is 48.3. The Labute approximate surface area is 95.2 Å². The average Bonchev–Trinajstić information content (AvgIpc) is 2.58. The molecule has 0 bridgehead atoms. The zero-order valence-electron chi connectivity index (χ0n) is 8.73.